The molecule has 1 unspecified atom stereocenters. The van der Waals surface area contributed by atoms with E-state index >= 15 is 0 Å². The zero-order chi connectivity index (χ0) is 15.5. The molecule has 1 aliphatic rings. The number of nitrogen functional groups attached to an aromatic ring is 1. The van der Waals surface area contributed by atoms with E-state index in [2.05, 4.69) is 19.2 Å². The van der Waals surface area contributed by atoms with Gasteiger partial charge >= 0.3 is 0 Å². The highest BCUT2D eigenvalue weighted by molar-refractivity contribution is 6.02. The van der Waals surface area contributed by atoms with Crippen LogP contribution in [0.1, 0.15) is 56.8 Å². The third-order valence-corrected chi connectivity index (χ3v) is 4.13. The molecule has 1 amide bonds. The van der Waals surface area contributed by atoms with Crippen LogP contribution in [0.4, 0.5) is 5.69 Å². The molecule has 116 valence electrons. The van der Waals surface area contributed by atoms with Gasteiger partial charge in [-0.3, -0.25) is 4.79 Å². The van der Waals surface area contributed by atoms with Crippen LogP contribution in [-0.4, -0.2) is 18.6 Å². The molecule has 4 nitrogen and oxygen atoms in total. The van der Waals surface area contributed by atoms with Crippen LogP contribution in [-0.2, 0) is 0 Å². The van der Waals surface area contributed by atoms with E-state index in [1.807, 2.05) is 6.92 Å². The van der Waals surface area contributed by atoms with Gasteiger partial charge in [0, 0.05) is 11.7 Å². The lowest BCUT2D eigenvalue weighted by Crippen LogP contribution is -2.41. The summed E-state index contributed by atoms with van der Waals surface area (Å²) in [6.45, 7) is 6.93. The number of carbonyl (C=O) groups is 1. The summed E-state index contributed by atoms with van der Waals surface area (Å²) in [6, 6.07) is 5.55. The van der Waals surface area contributed by atoms with Crippen LogP contribution in [0.25, 0.3) is 0 Å². The van der Waals surface area contributed by atoms with Crippen molar-refractivity contribution in [2.45, 2.75) is 52.5 Å². The number of nitrogens with one attached hydrogen (secondary N) is 1. The van der Waals surface area contributed by atoms with Gasteiger partial charge in [0.15, 0.2) is 0 Å². The Morgan fingerprint density at radius 3 is 2.90 bits per heavy atom. The lowest BCUT2D eigenvalue weighted by atomic mass is 9.75. The summed E-state index contributed by atoms with van der Waals surface area (Å²) in [6.07, 6.45) is 4.42. The fourth-order valence-electron chi connectivity index (χ4n) is 3.15. The predicted octanol–water partition coefficient (Wildman–Crippen LogP) is 3.37. The van der Waals surface area contributed by atoms with Crippen molar-refractivity contribution in [3.8, 4) is 5.75 Å². The Hall–Kier alpha value is -1.71. The van der Waals surface area contributed by atoms with Crippen molar-refractivity contribution in [3.63, 3.8) is 0 Å². The van der Waals surface area contributed by atoms with Crippen LogP contribution in [0, 0.1) is 5.41 Å². The average Bonchev–Trinajstić information content (AvgIpc) is 2.37. The van der Waals surface area contributed by atoms with Gasteiger partial charge in [0.05, 0.1) is 6.61 Å². The van der Waals surface area contributed by atoms with Gasteiger partial charge in [0.2, 0.25) is 0 Å². The number of amides is 1. The van der Waals surface area contributed by atoms with Crippen molar-refractivity contribution in [2.75, 3.05) is 12.3 Å². The summed E-state index contributed by atoms with van der Waals surface area (Å²) < 4.78 is 5.53. The molecule has 2 rings (SSSR count). The number of rotatable bonds is 4. The van der Waals surface area contributed by atoms with Crippen molar-refractivity contribution in [1.82, 2.24) is 5.32 Å². The van der Waals surface area contributed by atoms with Crippen LogP contribution < -0.4 is 15.8 Å². The van der Waals surface area contributed by atoms with Gasteiger partial charge in [0.1, 0.15) is 11.3 Å². The number of hydrogen-bond donors (Lipinski definition) is 2. The normalized spacial score (nSPS) is 20.8. The Bertz CT molecular complexity index is 512. The quantitative estimate of drug-likeness (QED) is 0.836. The van der Waals surface area contributed by atoms with Gasteiger partial charge in [-0.1, -0.05) is 26.3 Å². The predicted molar refractivity (Wildman–Crippen MR) is 85.5 cm³/mol. The SMILES string of the molecule is CCOc1cccc(N)c1C(=O)NC1CCCC(C)(C)C1. The van der Waals surface area contributed by atoms with E-state index in [0.29, 0.717) is 29.0 Å². The maximum absolute atomic E-state index is 12.6. The molecule has 1 fully saturated rings. The molecular formula is C17H26N2O2. The third-order valence-electron chi connectivity index (χ3n) is 4.13. The second-order valence-corrected chi connectivity index (χ2v) is 6.58. The van der Waals surface area contributed by atoms with E-state index in [0.717, 1.165) is 19.3 Å². The Morgan fingerprint density at radius 2 is 2.24 bits per heavy atom. The summed E-state index contributed by atoms with van der Waals surface area (Å²) in [5, 5.41) is 3.13. The largest absolute Gasteiger partial charge is 0.493 e. The fourth-order valence-corrected chi connectivity index (χ4v) is 3.15. The number of nitrogens with two attached hydrogens (primary N) is 1. The van der Waals surface area contributed by atoms with Gasteiger partial charge in [-0.25, -0.2) is 0 Å². The standard InChI is InChI=1S/C17H26N2O2/c1-4-21-14-9-5-8-13(18)15(14)16(20)19-12-7-6-10-17(2,3)11-12/h5,8-9,12H,4,6-7,10-11,18H2,1-3H3,(H,19,20). The van der Waals surface area contributed by atoms with E-state index in [-0.39, 0.29) is 11.9 Å². The smallest absolute Gasteiger partial charge is 0.257 e. The molecule has 0 saturated heterocycles. The first-order valence-corrected chi connectivity index (χ1v) is 7.75. The molecule has 0 radical (unpaired) electrons. The number of hydrogen-bond acceptors (Lipinski definition) is 3. The minimum atomic E-state index is -0.126. The molecule has 0 bridgehead atoms. The Balaban J connectivity index is 2.13. The summed E-state index contributed by atoms with van der Waals surface area (Å²) >= 11 is 0. The van der Waals surface area contributed by atoms with Gasteiger partial charge in [-0.05, 0) is 43.7 Å². The summed E-state index contributed by atoms with van der Waals surface area (Å²) in [5.41, 5.74) is 7.19. The highest BCUT2D eigenvalue weighted by atomic mass is 16.5. The molecule has 3 N–H and O–H groups in total. The maximum Gasteiger partial charge on any atom is 0.257 e. The Morgan fingerprint density at radius 1 is 1.48 bits per heavy atom. The highest BCUT2D eigenvalue weighted by Crippen LogP contribution is 2.35. The zero-order valence-electron chi connectivity index (χ0n) is 13.2. The van der Waals surface area contributed by atoms with E-state index in [1.54, 1.807) is 18.2 Å². The molecule has 1 saturated carbocycles. The minimum absolute atomic E-state index is 0.126. The van der Waals surface area contributed by atoms with Gasteiger partial charge in [-0.2, -0.15) is 0 Å². The van der Waals surface area contributed by atoms with Gasteiger partial charge in [-0.15, -0.1) is 0 Å². The molecule has 0 spiro atoms. The molecule has 4 heteroatoms. The minimum Gasteiger partial charge on any atom is -0.493 e. The molecule has 0 aromatic heterocycles. The van der Waals surface area contributed by atoms with Crippen LogP contribution in [0.15, 0.2) is 18.2 Å². The van der Waals surface area contributed by atoms with Crippen molar-refractivity contribution in [3.05, 3.63) is 23.8 Å². The first-order chi connectivity index (χ1) is 9.93. The van der Waals surface area contributed by atoms with Crippen LogP contribution in [0.3, 0.4) is 0 Å². The van der Waals surface area contributed by atoms with Crippen LogP contribution in [0.2, 0.25) is 0 Å². The maximum atomic E-state index is 12.6. The first-order valence-electron chi connectivity index (χ1n) is 7.75. The third kappa shape index (κ3) is 3.90. The molecule has 1 aromatic carbocycles. The number of carbonyl (C=O) groups excluding carboxylic acids is 1. The second kappa shape index (κ2) is 6.37. The fraction of sp³-hybridized carbons (Fsp3) is 0.588. The number of benzene rings is 1. The molecule has 21 heavy (non-hydrogen) atoms. The van der Waals surface area contributed by atoms with E-state index in [1.165, 1.54) is 6.42 Å². The monoisotopic (exact) mass is 290 g/mol. The molecule has 1 aromatic rings. The zero-order valence-corrected chi connectivity index (χ0v) is 13.2. The Kier molecular flexibility index (Phi) is 4.76. The highest BCUT2D eigenvalue weighted by Gasteiger charge is 2.29. The van der Waals surface area contributed by atoms with E-state index in [9.17, 15) is 4.79 Å². The average molecular weight is 290 g/mol. The van der Waals surface area contributed by atoms with E-state index in [4.69, 9.17) is 10.5 Å². The molecule has 0 aliphatic heterocycles. The number of ether oxygens (including phenoxy) is 1. The number of anilines is 1. The first kappa shape index (κ1) is 15.7. The molecule has 1 aliphatic carbocycles. The van der Waals surface area contributed by atoms with E-state index < -0.39 is 0 Å². The van der Waals surface area contributed by atoms with Crippen LogP contribution in [0.5, 0.6) is 5.75 Å². The van der Waals surface area contributed by atoms with Gasteiger partial charge < -0.3 is 15.8 Å². The van der Waals surface area contributed by atoms with Gasteiger partial charge in [0.25, 0.3) is 5.91 Å². The lowest BCUT2D eigenvalue weighted by Gasteiger charge is -2.35. The Labute approximate surface area is 127 Å². The van der Waals surface area contributed by atoms with Crippen LogP contribution >= 0.6 is 0 Å². The van der Waals surface area contributed by atoms with Crippen molar-refractivity contribution < 1.29 is 9.53 Å². The molecule has 0 heterocycles. The summed E-state index contributed by atoms with van der Waals surface area (Å²) in [4.78, 5) is 12.6. The van der Waals surface area contributed by atoms with Crippen molar-refractivity contribution in [1.29, 1.82) is 0 Å². The molecular weight excluding hydrogens is 264 g/mol. The topological polar surface area (TPSA) is 64.3 Å². The summed E-state index contributed by atoms with van der Waals surface area (Å²) in [7, 11) is 0. The molecule has 1 atom stereocenters. The van der Waals surface area contributed by atoms with Crippen molar-refractivity contribution >= 4 is 11.6 Å². The van der Waals surface area contributed by atoms with Crippen molar-refractivity contribution in [2.24, 2.45) is 5.41 Å². The summed E-state index contributed by atoms with van der Waals surface area (Å²) in [5.74, 6) is 0.435. The lowest BCUT2D eigenvalue weighted by molar-refractivity contribution is 0.0900. The second-order valence-electron chi connectivity index (χ2n) is 6.58.